The summed E-state index contributed by atoms with van der Waals surface area (Å²) in [4.78, 5) is 0. The predicted molar refractivity (Wildman–Crippen MR) is 78.8 cm³/mol. The zero-order valence-electron chi connectivity index (χ0n) is 13.3. The van der Waals surface area contributed by atoms with Crippen LogP contribution in [0.15, 0.2) is 0 Å². The van der Waals surface area contributed by atoms with E-state index in [0.717, 1.165) is 6.42 Å². The topological polar surface area (TPSA) is 23.9 Å². The van der Waals surface area contributed by atoms with Crippen molar-refractivity contribution in [3.8, 4) is 0 Å². The van der Waals surface area contributed by atoms with E-state index in [1.54, 1.807) is 6.21 Å². The molecule has 17 heavy (non-hydrogen) atoms. The van der Waals surface area contributed by atoms with Crippen LogP contribution in [-0.4, -0.2) is 6.21 Å². The van der Waals surface area contributed by atoms with Crippen LogP contribution in [0.3, 0.4) is 0 Å². The number of hydrogen-bond donors (Lipinski definition) is 1. The molecule has 0 saturated carbocycles. The maximum Gasteiger partial charge on any atom is -0.00420 e. The monoisotopic (exact) mass is 239 g/mol. The standard InChI is InChI=1S/C16H33N/c1-9-14(4,5)13(3)16(8,11-12-17)15(6,7)10-2/h12-13,17H,9-11H2,1-8H3. The van der Waals surface area contributed by atoms with E-state index in [1.807, 2.05) is 0 Å². The fraction of sp³-hybridized carbons (Fsp3) is 0.938. The Morgan fingerprint density at radius 3 is 1.76 bits per heavy atom. The third-order valence-corrected chi connectivity index (χ3v) is 6.00. The second-order valence-electron chi connectivity index (χ2n) is 7.13. The highest BCUT2D eigenvalue weighted by Gasteiger charge is 2.47. The summed E-state index contributed by atoms with van der Waals surface area (Å²) in [7, 11) is 0. The molecular formula is C16H33N. The van der Waals surface area contributed by atoms with Gasteiger partial charge in [-0.3, -0.25) is 0 Å². The van der Waals surface area contributed by atoms with Gasteiger partial charge in [0, 0.05) is 0 Å². The molecule has 2 unspecified atom stereocenters. The smallest absolute Gasteiger partial charge is 0.00420 e. The van der Waals surface area contributed by atoms with Crippen molar-refractivity contribution >= 4 is 6.21 Å². The highest BCUT2D eigenvalue weighted by Crippen LogP contribution is 2.54. The molecule has 0 rings (SSSR count). The van der Waals surface area contributed by atoms with E-state index in [0.29, 0.717) is 11.3 Å². The molecule has 0 aliphatic carbocycles. The van der Waals surface area contributed by atoms with E-state index in [4.69, 9.17) is 5.41 Å². The Balaban J connectivity index is 5.42. The lowest BCUT2D eigenvalue weighted by atomic mass is 9.52. The molecule has 1 heteroatoms. The highest BCUT2D eigenvalue weighted by atomic mass is 14.5. The van der Waals surface area contributed by atoms with E-state index in [9.17, 15) is 0 Å². The molecule has 0 fully saturated rings. The average molecular weight is 239 g/mol. The fourth-order valence-electron chi connectivity index (χ4n) is 2.82. The largest absolute Gasteiger partial charge is 0.313 e. The highest BCUT2D eigenvalue weighted by molar-refractivity contribution is 5.54. The van der Waals surface area contributed by atoms with Crippen LogP contribution in [0.1, 0.15) is 74.7 Å². The maximum absolute atomic E-state index is 7.54. The van der Waals surface area contributed by atoms with Gasteiger partial charge in [-0.25, -0.2) is 0 Å². The van der Waals surface area contributed by atoms with Crippen molar-refractivity contribution < 1.29 is 0 Å². The van der Waals surface area contributed by atoms with Crippen LogP contribution >= 0.6 is 0 Å². The molecular weight excluding hydrogens is 206 g/mol. The second-order valence-corrected chi connectivity index (χ2v) is 7.13. The van der Waals surface area contributed by atoms with Crippen molar-refractivity contribution in [3.63, 3.8) is 0 Å². The molecule has 1 N–H and O–H groups in total. The molecule has 0 aliphatic heterocycles. The normalized spacial score (nSPS) is 18.6. The molecule has 0 saturated heterocycles. The fourth-order valence-corrected chi connectivity index (χ4v) is 2.82. The van der Waals surface area contributed by atoms with Crippen molar-refractivity contribution in [2.24, 2.45) is 22.2 Å². The molecule has 0 aromatic carbocycles. The Labute approximate surface area is 109 Å². The molecule has 0 bridgehead atoms. The van der Waals surface area contributed by atoms with E-state index in [-0.39, 0.29) is 10.8 Å². The minimum Gasteiger partial charge on any atom is -0.313 e. The molecule has 2 atom stereocenters. The first-order chi connectivity index (χ1) is 7.59. The summed E-state index contributed by atoms with van der Waals surface area (Å²) in [6.45, 7) is 18.8. The van der Waals surface area contributed by atoms with Gasteiger partial charge < -0.3 is 5.41 Å². The van der Waals surface area contributed by atoms with Gasteiger partial charge in [-0.05, 0) is 34.8 Å². The van der Waals surface area contributed by atoms with Gasteiger partial charge in [-0.15, -0.1) is 0 Å². The molecule has 0 spiro atoms. The van der Waals surface area contributed by atoms with E-state index < -0.39 is 0 Å². The number of hydrogen-bond acceptors (Lipinski definition) is 1. The third-order valence-electron chi connectivity index (χ3n) is 6.00. The first kappa shape index (κ1) is 16.7. The maximum atomic E-state index is 7.54. The predicted octanol–water partition coefficient (Wildman–Crippen LogP) is 5.54. The first-order valence-corrected chi connectivity index (χ1v) is 7.08. The first-order valence-electron chi connectivity index (χ1n) is 7.08. The van der Waals surface area contributed by atoms with Crippen LogP contribution in [0.5, 0.6) is 0 Å². The number of rotatable bonds is 7. The van der Waals surface area contributed by atoms with Gasteiger partial charge in [0.05, 0.1) is 0 Å². The zero-order valence-corrected chi connectivity index (χ0v) is 13.3. The summed E-state index contributed by atoms with van der Waals surface area (Å²) in [5, 5.41) is 7.54. The van der Waals surface area contributed by atoms with Crippen molar-refractivity contribution in [1.82, 2.24) is 0 Å². The quantitative estimate of drug-likeness (QED) is 0.564. The number of nitrogens with one attached hydrogen (secondary N) is 1. The third kappa shape index (κ3) is 3.11. The van der Waals surface area contributed by atoms with Crippen molar-refractivity contribution in [3.05, 3.63) is 0 Å². The van der Waals surface area contributed by atoms with Crippen molar-refractivity contribution in [1.29, 1.82) is 5.41 Å². The Hall–Kier alpha value is -0.330. The Bertz CT molecular complexity index is 252. The Morgan fingerprint density at radius 2 is 1.47 bits per heavy atom. The summed E-state index contributed by atoms with van der Waals surface area (Å²) in [6.07, 6.45) is 4.86. The summed E-state index contributed by atoms with van der Waals surface area (Å²) < 4.78 is 0. The van der Waals surface area contributed by atoms with Crippen LogP contribution in [0.25, 0.3) is 0 Å². The summed E-state index contributed by atoms with van der Waals surface area (Å²) in [5.41, 5.74) is 0.809. The van der Waals surface area contributed by atoms with Crippen LogP contribution in [0.2, 0.25) is 0 Å². The lowest BCUT2D eigenvalue weighted by Gasteiger charge is -2.53. The Kier molecular flexibility index (Phi) is 5.43. The van der Waals surface area contributed by atoms with Crippen LogP contribution in [0.4, 0.5) is 0 Å². The summed E-state index contributed by atoms with van der Waals surface area (Å²) in [5.74, 6) is 0.608. The Morgan fingerprint density at radius 1 is 1.00 bits per heavy atom. The van der Waals surface area contributed by atoms with Gasteiger partial charge in [0.25, 0.3) is 0 Å². The molecule has 1 nitrogen and oxygen atoms in total. The molecule has 0 aromatic heterocycles. The SMILES string of the molecule is CCC(C)(C)C(C)C(C)(CC=N)C(C)(C)CC. The minimum atomic E-state index is 0.197. The summed E-state index contributed by atoms with van der Waals surface area (Å²) >= 11 is 0. The van der Waals surface area contributed by atoms with Crippen LogP contribution in [0, 0.1) is 27.6 Å². The molecule has 0 heterocycles. The molecule has 0 radical (unpaired) electrons. The minimum absolute atomic E-state index is 0.197. The van der Waals surface area contributed by atoms with Crippen LogP contribution < -0.4 is 0 Å². The molecule has 0 aromatic rings. The summed E-state index contributed by atoms with van der Waals surface area (Å²) in [6, 6.07) is 0. The van der Waals surface area contributed by atoms with Crippen molar-refractivity contribution in [2.75, 3.05) is 0 Å². The van der Waals surface area contributed by atoms with Gasteiger partial charge >= 0.3 is 0 Å². The molecule has 102 valence electrons. The van der Waals surface area contributed by atoms with Crippen LogP contribution in [-0.2, 0) is 0 Å². The van der Waals surface area contributed by atoms with Crippen molar-refractivity contribution in [2.45, 2.75) is 74.7 Å². The van der Waals surface area contributed by atoms with Gasteiger partial charge in [0.15, 0.2) is 0 Å². The second kappa shape index (κ2) is 5.54. The average Bonchev–Trinajstić information content (AvgIpc) is 2.27. The van der Waals surface area contributed by atoms with E-state index >= 15 is 0 Å². The van der Waals surface area contributed by atoms with Gasteiger partial charge in [-0.2, -0.15) is 0 Å². The van der Waals surface area contributed by atoms with E-state index in [1.165, 1.54) is 12.8 Å². The molecule has 0 aliphatic rings. The van der Waals surface area contributed by atoms with Gasteiger partial charge in [0.2, 0.25) is 0 Å². The zero-order chi connectivity index (χ0) is 13.9. The molecule has 0 amide bonds. The lowest BCUT2D eigenvalue weighted by Crippen LogP contribution is -2.46. The van der Waals surface area contributed by atoms with Gasteiger partial charge in [0.1, 0.15) is 0 Å². The van der Waals surface area contributed by atoms with E-state index in [2.05, 4.69) is 55.4 Å². The van der Waals surface area contributed by atoms with Gasteiger partial charge in [-0.1, -0.05) is 68.2 Å². The lowest BCUT2D eigenvalue weighted by molar-refractivity contribution is -0.0282.